The molecule has 21 heavy (non-hydrogen) atoms. The normalized spacial score (nSPS) is 18.5. The molecule has 6 heteroatoms. The lowest BCUT2D eigenvalue weighted by molar-refractivity contribution is -0.128. The van der Waals surface area contributed by atoms with Crippen LogP contribution in [0.25, 0.3) is 0 Å². The summed E-state index contributed by atoms with van der Waals surface area (Å²) in [5.41, 5.74) is 6.78. The summed E-state index contributed by atoms with van der Waals surface area (Å²) in [6, 6.07) is 7.25. The van der Waals surface area contributed by atoms with E-state index < -0.39 is 5.91 Å². The van der Waals surface area contributed by atoms with Crippen LogP contribution in [0.1, 0.15) is 27.7 Å². The van der Waals surface area contributed by atoms with Gasteiger partial charge in [-0.15, -0.1) is 11.8 Å². The first kappa shape index (κ1) is 15.9. The predicted octanol–water partition coefficient (Wildman–Crippen LogP) is 1.31. The van der Waals surface area contributed by atoms with Crippen molar-refractivity contribution in [1.29, 1.82) is 0 Å². The molecule has 0 spiro atoms. The molecule has 5 nitrogen and oxygen atoms in total. The Hall–Kier alpha value is -1.53. The van der Waals surface area contributed by atoms with Crippen molar-refractivity contribution in [1.82, 2.24) is 9.80 Å². The van der Waals surface area contributed by atoms with Crippen molar-refractivity contribution in [3.8, 4) is 0 Å². The van der Waals surface area contributed by atoms with Crippen LogP contribution in [0.3, 0.4) is 0 Å². The van der Waals surface area contributed by atoms with Gasteiger partial charge in [0, 0.05) is 12.1 Å². The van der Waals surface area contributed by atoms with Gasteiger partial charge in [0.15, 0.2) is 0 Å². The number of hydrogen-bond donors (Lipinski definition) is 1. The van der Waals surface area contributed by atoms with Crippen LogP contribution < -0.4 is 5.73 Å². The first-order valence-electron chi connectivity index (χ1n) is 6.94. The van der Waals surface area contributed by atoms with Crippen molar-refractivity contribution in [2.45, 2.75) is 11.8 Å². The predicted molar refractivity (Wildman–Crippen MR) is 85.0 cm³/mol. The van der Waals surface area contributed by atoms with Crippen LogP contribution in [0.4, 0.5) is 0 Å². The minimum absolute atomic E-state index is 0.0148. The maximum Gasteiger partial charge on any atom is 0.248 e. The number of rotatable bonds is 6. The number of nitrogens with zero attached hydrogens (tertiary/aromatic N) is 2. The molecule has 1 unspecified atom stereocenters. The van der Waals surface area contributed by atoms with E-state index in [1.54, 1.807) is 23.9 Å². The molecule has 1 fully saturated rings. The van der Waals surface area contributed by atoms with Crippen LogP contribution in [-0.2, 0) is 4.79 Å². The Labute approximate surface area is 129 Å². The van der Waals surface area contributed by atoms with E-state index in [4.69, 9.17) is 5.73 Å². The zero-order valence-electron chi connectivity index (χ0n) is 12.4. The fourth-order valence-electron chi connectivity index (χ4n) is 2.37. The van der Waals surface area contributed by atoms with Crippen molar-refractivity contribution in [3.05, 3.63) is 35.4 Å². The van der Waals surface area contributed by atoms with E-state index in [1.807, 2.05) is 31.1 Å². The lowest BCUT2D eigenvalue weighted by Crippen LogP contribution is -2.31. The Morgan fingerprint density at radius 2 is 2.24 bits per heavy atom. The zero-order valence-corrected chi connectivity index (χ0v) is 13.2. The topological polar surface area (TPSA) is 66.6 Å². The summed E-state index contributed by atoms with van der Waals surface area (Å²) in [6.45, 7) is 1.68. The van der Waals surface area contributed by atoms with Gasteiger partial charge >= 0.3 is 0 Å². The molecule has 0 saturated carbocycles. The maximum atomic E-state index is 12.1. The Bertz CT molecular complexity index is 533. The second-order valence-electron chi connectivity index (χ2n) is 5.40. The Morgan fingerprint density at radius 1 is 1.48 bits per heavy atom. The first-order valence-corrected chi connectivity index (χ1v) is 7.99. The molecular formula is C15H21N3O2S. The van der Waals surface area contributed by atoms with Crippen LogP contribution in [0.15, 0.2) is 24.3 Å². The summed E-state index contributed by atoms with van der Waals surface area (Å²) >= 11 is 1.60. The van der Waals surface area contributed by atoms with Crippen molar-refractivity contribution in [3.63, 3.8) is 0 Å². The van der Waals surface area contributed by atoms with E-state index in [1.165, 1.54) is 0 Å². The van der Waals surface area contributed by atoms with Gasteiger partial charge < -0.3 is 15.5 Å². The van der Waals surface area contributed by atoms with Gasteiger partial charge in [-0.05, 0) is 44.8 Å². The summed E-state index contributed by atoms with van der Waals surface area (Å²) in [5, 5.41) is -0.0148. The third kappa shape index (κ3) is 3.98. The average Bonchev–Trinajstić information content (AvgIpc) is 2.80. The first-order chi connectivity index (χ1) is 9.99. The van der Waals surface area contributed by atoms with Crippen molar-refractivity contribution >= 4 is 23.6 Å². The highest BCUT2D eigenvalue weighted by molar-refractivity contribution is 8.00. The van der Waals surface area contributed by atoms with Gasteiger partial charge in [0.1, 0.15) is 5.37 Å². The van der Waals surface area contributed by atoms with E-state index >= 15 is 0 Å². The van der Waals surface area contributed by atoms with E-state index in [9.17, 15) is 9.59 Å². The van der Waals surface area contributed by atoms with E-state index in [0.29, 0.717) is 11.3 Å². The minimum atomic E-state index is -0.440. The number of nitrogens with two attached hydrogens (primary N) is 1. The molecule has 2 amide bonds. The fraction of sp³-hybridized carbons (Fsp3) is 0.467. The van der Waals surface area contributed by atoms with E-state index in [0.717, 1.165) is 25.1 Å². The highest BCUT2D eigenvalue weighted by atomic mass is 32.2. The maximum absolute atomic E-state index is 12.1. The molecule has 114 valence electrons. The van der Waals surface area contributed by atoms with Crippen LogP contribution in [0.2, 0.25) is 0 Å². The number of benzene rings is 1. The number of carbonyl (C=O) groups excluding carboxylic acids is 2. The van der Waals surface area contributed by atoms with Gasteiger partial charge in [-0.1, -0.05) is 12.1 Å². The number of primary amides is 1. The summed E-state index contributed by atoms with van der Waals surface area (Å²) in [4.78, 5) is 27.3. The molecule has 1 aromatic carbocycles. The summed E-state index contributed by atoms with van der Waals surface area (Å²) in [6.07, 6.45) is 0.936. The molecule has 0 aliphatic carbocycles. The quantitative estimate of drug-likeness (QED) is 0.860. The monoisotopic (exact) mass is 307 g/mol. The SMILES string of the molecule is CN(C)CCCN1C(=O)CSC1c1cccc(C(N)=O)c1. The zero-order chi connectivity index (χ0) is 15.4. The summed E-state index contributed by atoms with van der Waals surface area (Å²) in [7, 11) is 4.04. The molecular weight excluding hydrogens is 286 g/mol. The molecule has 0 radical (unpaired) electrons. The van der Waals surface area contributed by atoms with Crippen LogP contribution in [-0.4, -0.2) is 54.6 Å². The Morgan fingerprint density at radius 3 is 2.90 bits per heavy atom. The molecule has 1 aliphatic heterocycles. The van der Waals surface area contributed by atoms with Gasteiger partial charge in [0.25, 0.3) is 0 Å². The second-order valence-corrected chi connectivity index (χ2v) is 6.47. The molecule has 1 saturated heterocycles. The summed E-state index contributed by atoms with van der Waals surface area (Å²) in [5.74, 6) is 0.214. The molecule has 2 N–H and O–H groups in total. The van der Waals surface area contributed by atoms with Gasteiger partial charge in [0.05, 0.1) is 5.75 Å². The van der Waals surface area contributed by atoms with Crippen molar-refractivity contribution in [2.24, 2.45) is 5.73 Å². The fourth-order valence-corrected chi connectivity index (χ4v) is 3.58. The molecule has 1 aromatic rings. The van der Waals surface area contributed by atoms with Crippen LogP contribution in [0, 0.1) is 0 Å². The third-order valence-electron chi connectivity index (χ3n) is 3.43. The lowest BCUT2D eigenvalue weighted by Gasteiger charge is -2.25. The van der Waals surface area contributed by atoms with Gasteiger partial charge in [-0.25, -0.2) is 0 Å². The van der Waals surface area contributed by atoms with E-state index in [-0.39, 0.29) is 11.3 Å². The number of amides is 2. The second kappa shape index (κ2) is 6.95. The molecule has 1 heterocycles. The van der Waals surface area contributed by atoms with Gasteiger partial charge in [-0.3, -0.25) is 9.59 Å². The van der Waals surface area contributed by atoms with Crippen molar-refractivity contribution in [2.75, 3.05) is 32.9 Å². The van der Waals surface area contributed by atoms with Crippen LogP contribution in [0.5, 0.6) is 0 Å². The van der Waals surface area contributed by atoms with Gasteiger partial charge in [-0.2, -0.15) is 0 Å². The van der Waals surface area contributed by atoms with E-state index in [2.05, 4.69) is 4.90 Å². The lowest BCUT2D eigenvalue weighted by atomic mass is 10.1. The van der Waals surface area contributed by atoms with Crippen LogP contribution >= 0.6 is 11.8 Å². The number of thioether (sulfide) groups is 1. The molecule has 2 rings (SSSR count). The number of carbonyl (C=O) groups is 2. The highest BCUT2D eigenvalue weighted by Gasteiger charge is 2.32. The number of hydrogen-bond acceptors (Lipinski definition) is 4. The molecule has 0 bridgehead atoms. The molecule has 0 aromatic heterocycles. The molecule has 1 atom stereocenters. The minimum Gasteiger partial charge on any atom is -0.366 e. The Balaban J connectivity index is 2.11. The standard InChI is InChI=1S/C15H21N3O2S/c1-17(2)7-4-8-18-13(19)10-21-15(18)12-6-3-5-11(9-12)14(16)20/h3,5-6,9,15H,4,7-8,10H2,1-2H3,(H2,16,20). The Kier molecular flexibility index (Phi) is 5.25. The van der Waals surface area contributed by atoms with Crippen molar-refractivity contribution < 1.29 is 9.59 Å². The van der Waals surface area contributed by atoms with Gasteiger partial charge in [0.2, 0.25) is 11.8 Å². The summed E-state index contributed by atoms with van der Waals surface area (Å²) < 4.78 is 0. The average molecular weight is 307 g/mol. The molecule has 1 aliphatic rings. The smallest absolute Gasteiger partial charge is 0.248 e. The highest BCUT2D eigenvalue weighted by Crippen LogP contribution is 2.38. The third-order valence-corrected chi connectivity index (χ3v) is 4.68. The largest absolute Gasteiger partial charge is 0.366 e.